The molecule has 0 atom stereocenters. The van der Waals surface area contributed by atoms with Gasteiger partial charge in [-0.15, -0.1) is 5.10 Å². The molecule has 0 aromatic carbocycles. The molecule has 1 aromatic rings. The van der Waals surface area contributed by atoms with Crippen molar-refractivity contribution in [1.82, 2.24) is 29.7 Å². The normalized spacial score (nSPS) is 16.7. The molecule has 1 saturated heterocycles. The Balaban J connectivity index is 1.82. The van der Waals surface area contributed by atoms with Gasteiger partial charge in [0.15, 0.2) is 5.69 Å². The van der Waals surface area contributed by atoms with Crippen molar-refractivity contribution >= 4 is 5.91 Å². The number of hydrogen-bond acceptors (Lipinski definition) is 6. The Morgan fingerprint density at radius 1 is 1.29 bits per heavy atom. The van der Waals surface area contributed by atoms with Crippen LogP contribution in [0.2, 0.25) is 0 Å². The molecule has 1 amide bonds. The fraction of sp³-hybridized carbons (Fsp3) is 0.769. The Bertz CT molecular complexity index is 451. The first-order valence-corrected chi connectivity index (χ1v) is 7.36. The number of piperazine rings is 1. The molecule has 0 unspecified atom stereocenters. The zero-order valence-electron chi connectivity index (χ0n) is 12.9. The number of aromatic nitrogens is 3. The molecule has 0 radical (unpaired) electrons. The number of rotatable bonds is 6. The quantitative estimate of drug-likeness (QED) is 0.692. The molecule has 8 nitrogen and oxygen atoms in total. The molecule has 1 aromatic heterocycles. The van der Waals surface area contributed by atoms with Gasteiger partial charge in [0.1, 0.15) is 0 Å². The summed E-state index contributed by atoms with van der Waals surface area (Å²) in [5.41, 5.74) is 5.87. The van der Waals surface area contributed by atoms with Gasteiger partial charge in [-0.3, -0.25) is 14.4 Å². The SMILES string of the molecule is CN(C)CCN1CCN(C(=O)c2cn(CCN)nn2)CC1. The molecular weight excluding hydrogens is 270 g/mol. The maximum Gasteiger partial charge on any atom is 0.276 e. The molecule has 0 bridgehead atoms. The van der Waals surface area contributed by atoms with E-state index in [1.165, 1.54) is 0 Å². The zero-order valence-corrected chi connectivity index (χ0v) is 12.9. The van der Waals surface area contributed by atoms with Gasteiger partial charge < -0.3 is 15.5 Å². The van der Waals surface area contributed by atoms with Gasteiger partial charge >= 0.3 is 0 Å². The van der Waals surface area contributed by atoms with E-state index in [2.05, 4.69) is 34.2 Å². The summed E-state index contributed by atoms with van der Waals surface area (Å²) in [6.45, 7) is 6.47. The zero-order chi connectivity index (χ0) is 15.2. The maximum absolute atomic E-state index is 12.3. The van der Waals surface area contributed by atoms with E-state index in [9.17, 15) is 4.79 Å². The summed E-state index contributed by atoms with van der Waals surface area (Å²) in [6, 6.07) is 0. The smallest absolute Gasteiger partial charge is 0.276 e. The molecule has 0 aliphatic carbocycles. The van der Waals surface area contributed by atoms with Crippen LogP contribution in [0.3, 0.4) is 0 Å². The van der Waals surface area contributed by atoms with Gasteiger partial charge in [0.05, 0.1) is 12.7 Å². The van der Waals surface area contributed by atoms with Crippen molar-refractivity contribution in [3.05, 3.63) is 11.9 Å². The summed E-state index contributed by atoms with van der Waals surface area (Å²) in [7, 11) is 4.15. The highest BCUT2D eigenvalue weighted by atomic mass is 16.2. The number of carbonyl (C=O) groups is 1. The lowest BCUT2D eigenvalue weighted by molar-refractivity contribution is 0.0624. The summed E-state index contributed by atoms with van der Waals surface area (Å²) in [4.78, 5) is 18.8. The highest BCUT2D eigenvalue weighted by Gasteiger charge is 2.23. The molecule has 1 aliphatic rings. The minimum atomic E-state index is -0.0365. The molecule has 0 saturated carbocycles. The highest BCUT2D eigenvalue weighted by molar-refractivity contribution is 5.92. The third-order valence-corrected chi connectivity index (χ3v) is 3.64. The Labute approximate surface area is 125 Å². The predicted molar refractivity (Wildman–Crippen MR) is 80.0 cm³/mol. The summed E-state index contributed by atoms with van der Waals surface area (Å²) in [6.07, 6.45) is 1.67. The number of amides is 1. The van der Waals surface area contributed by atoms with E-state index in [0.717, 1.165) is 39.3 Å². The second-order valence-corrected chi connectivity index (χ2v) is 5.59. The topological polar surface area (TPSA) is 83.5 Å². The van der Waals surface area contributed by atoms with Crippen LogP contribution in [0, 0.1) is 0 Å². The molecule has 118 valence electrons. The summed E-state index contributed by atoms with van der Waals surface area (Å²) in [5.74, 6) is -0.0365. The second-order valence-electron chi connectivity index (χ2n) is 5.59. The van der Waals surface area contributed by atoms with Crippen molar-refractivity contribution in [3.63, 3.8) is 0 Å². The standard InChI is InChI=1S/C13H25N7O/c1-17(2)5-6-18-7-9-19(10-8-18)13(21)12-11-20(4-3-14)16-15-12/h11H,3-10,14H2,1-2H3. The van der Waals surface area contributed by atoms with Crippen LogP contribution in [0.5, 0.6) is 0 Å². The monoisotopic (exact) mass is 295 g/mol. The highest BCUT2D eigenvalue weighted by Crippen LogP contribution is 2.06. The van der Waals surface area contributed by atoms with Gasteiger partial charge in [0.25, 0.3) is 5.91 Å². The van der Waals surface area contributed by atoms with Crippen LogP contribution in [0.4, 0.5) is 0 Å². The van der Waals surface area contributed by atoms with Crippen LogP contribution in [0.1, 0.15) is 10.5 Å². The van der Waals surface area contributed by atoms with Crippen LogP contribution in [0.25, 0.3) is 0 Å². The Morgan fingerprint density at radius 3 is 2.62 bits per heavy atom. The average Bonchev–Trinajstić information content (AvgIpc) is 2.94. The van der Waals surface area contributed by atoms with E-state index in [-0.39, 0.29) is 5.91 Å². The van der Waals surface area contributed by atoms with Crippen molar-refractivity contribution in [3.8, 4) is 0 Å². The molecule has 2 N–H and O–H groups in total. The first kappa shape index (κ1) is 15.9. The van der Waals surface area contributed by atoms with Crippen LogP contribution in [0.15, 0.2) is 6.20 Å². The van der Waals surface area contributed by atoms with E-state index in [1.54, 1.807) is 10.9 Å². The van der Waals surface area contributed by atoms with E-state index >= 15 is 0 Å². The van der Waals surface area contributed by atoms with Crippen LogP contribution < -0.4 is 5.73 Å². The largest absolute Gasteiger partial charge is 0.335 e. The van der Waals surface area contributed by atoms with Crippen LogP contribution >= 0.6 is 0 Å². The van der Waals surface area contributed by atoms with Crippen molar-refractivity contribution in [2.45, 2.75) is 6.54 Å². The fourth-order valence-corrected chi connectivity index (χ4v) is 2.32. The molecule has 2 heterocycles. The molecule has 21 heavy (non-hydrogen) atoms. The lowest BCUT2D eigenvalue weighted by Gasteiger charge is -2.34. The molecular formula is C13H25N7O. The number of likely N-dealkylation sites (N-methyl/N-ethyl adjacent to an activating group) is 1. The van der Waals surface area contributed by atoms with Crippen LogP contribution in [-0.4, -0.2) is 95.5 Å². The first-order chi connectivity index (χ1) is 10.1. The lowest BCUT2D eigenvalue weighted by atomic mass is 10.3. The second kappa shape index (κ2) is 7.48. The van der Waals surface area contributed by atoms with Crippen molar-refractivity contribution in [2.75, 3.05) is 59.9 Å². The average molecular weight is 295 g/mol. The maximum atomic E-state index is 12.3. The van der Waals surface area contributed by atoms with Crippen molar-refractivity contribution in [2.24, 2.45) is 5.73 Å². The Kier molecular flexibility index (Phi) is 5.66. The Hall–Kier alpha value is -1.51. The number of nitrogens with two attached hydrogens (primary N) is 1. The lowest BCUT2D eigenvalue weighted by Crippen LogP contribution is -2.50. The minimum Gasteiger partial charge on any atom is -0.335 e. The van der Waals surface area contributed by atoms with Gasteiger partial charge in [-0.25, -0.2) is 0 Å². The van der Waals surface area contributed by atoms with E-state index in [0.29, 0.717) is 18.8 Å². The van der Waals surface area contributed by atoms with Crippen molar-refractivity contribution < 1.29 is 4.79 Å². The number of hydrogen-bond donors (Lipinski definition) is 1. The molecule has 0 spiro atoms. The molecule has 1 fully saturated rings. The number of nitrogens with zero attached hydrogens (tertiary/aromatic N) is 6. The Morgan fingerprint density at radius 2 is 2.00 bits per heavy atom. The first-order valence-electron chi connectivity index (χ1n) is 7.36. The molecule has 2 rings (SSSR count). The summed E-state index contributed by atoms with van der Waals surface area (Å²) >= 11 is 0. The molecule has 8 heteroatoms. The van der Waals surface area contributed by atoms with Crippen molar-refractivity contribution in [1.29, 1.82) is 0 Å². The van der Waals surface area contributed by atoms with E-state index < -0.39 is 0 Å². The van der Waals surface area contributed by atoms with Gasteiger partial charge in [0, 0.05) is 45.8 Å². The van der Waals surface area contributed by atoms with E-state index in [1.807, 2.05) is 4.90 Å². The summed E-state index contributed by atoms with van der Waals surface area (Å²) < 4.78 is 1.61. The third kappa shape index (κ3) is 4.48. The minimum absolute atomic E-state index is 0.0365. The molecule has 1 aliphatic heterocycles. The fourth-order valence-electron chi connectivity index (χ4n) is 2.32. The van der Waals surface area contributed by atoms with Gasteiger partial charge in [-0.1, -0.05) is 5.21 Å². The van der Waals surface area contributed by atoms with Gasteiger partial charge in [-0.2, -0.15) is 0 Å². The van der Waals surface area contributed by atoms with Gasteiger partial charge in [-0.05, 0) is 14.1 Å². The van der Waals surface area contributed by atoms with E-state index in [4.69, 9.17) is 5.73 Å². The van der Waals surface area contributed by atoms with Gasteiger partial charge in [0.2, 0.25) is 0 Å². The third-order valence-electron chi connectivity index (χ3n) is 3.64. The van der Waals surface area contributed by atoms with Crippen LogP contribution in [-0.2, 0) is 6.54 Å². The predicted octanol–water partition coefficient (Wildman–Crippen LogP) is -1.44. The summed E-state index contributed by atoms with van der Waals surface area (Å²) in [5, 5.41) is 7.84. The number of carbonyl (C=O) groups excluding carboxylic acids is 1.